The highest BCUT2D eigenvalue weighted by atomic mass is 19.3. The number of hydrogen-bond acceptors (Lipinski definition) is 1. The Hall–Kier alpha value is -2.03. The van der Waals surface area contributed by atoms with Crippen molar-refractivity contribution in [3.8, 4) is 0 Å². The molecular formula is C14H10F2O. The fourth-order valence-corrected chi connectivity index (χ4v) is 1.75. The topological polar surface area (TPSA) is 17.1 Å². The van der Waals surface area contributed by atoms with E-state index >= 15 is 0 Å². The fourth-order valence-electron chi connectivity index (χ4n) is 1.75. The molecule has 0 bridgehead atoms. The van der Waals surface area contributed by atoms with Crippen molar-refractivity contribution in [2.24, 2.45) is 0 Å². The molecule has 17 heavy (non-hydrogen) atoms. The number of hydrogen-bond donors (Lipinski definition) is 0. The first-order valence-corrected chi connectivity index (χ1v) is 5.20. The second kappa shape index (κ2) is 4.87. The number of benzene rings is 2. The first-order valence-electron chi connectivity index (χ1n) is 5.20. The molecular weight excluding hydrogens is 222 g/mol. The lowest BCUT2D eigenvalue weighted by Crippen LogP contribution is -1.98. The summed E-state index contributed by atoms with van der Waals surface area (Å²) < 4.78 is 23.9. The van der Waals surface area contributed by atoms with Crippen LogP contribution in [0.2, 0.25) is 0 Å². The minimum absolute atomic E-state index is 0.268. The molecule has 0 aromatic heterocycles. The highest BCUT2D eigenvalue weighted by Gasteiger charge is 2.08. The number of rotatable bonds is 3. The lowest BCUT2D eigenvalue weighted by Gasteiger charge is -2.03. The first kappa shape index (κ1) is 11.5. The van der Waals surface area contributed by atoms with Crippen molar-refractivity contribution in [1.29, 1.82) is 0 Å². The van der Waals surface area contributed by atoms with Gasteiger partial charge in [-0.2, -0.15) is 8.78 Å². The molecule has 0 saturated carbocycles. The van der Waals surface area contributed by atoms with Crippen LogP contribution in [0.1, 0.15) is 16.8 Å². The summed E-state index contributed by atoms with van der Waals surface area (Å²) in [5.74, 6) is -0.297. The van der Waals surface area contributed by atoms with Gasteiger partial charge in [-0.3, -0.25) is 4.79 Å². The van der Waals surface area contributed by atoms with Gasteiger partial charge in [0.15, 0.2) is 5.78 Å². The second-order valence-corrected chi connectivity index (χ2v) is 3.65. The van der Waals surface area contributed by atoms with Gasteiger partial charge in [-0.25, -0.2) is 0 Å². The van der Waals surface area contributed by atoms with Crippen molar-refractivity contribution in [1.82, 2.24) is 0 Å². The third-order valence-electron chi connectivity index (χ3n) is 2.53. The SMILES string of the molecule is O=C(CC=C(F)F)c1cccc2ccccc12. The van der Waals surface area contributed by atoms with E-state index in [2.05, 4.69) is 0 Å². The van der Waals surface area contributed by atoms with Crippen molar-refractivity contribution >= 4 is 16.6 Å². The van der Waals surface area contributed by atoms with Crippen LogP contribution < -0.4 is 0 Å². The molecule has 0 unspecified atom stereocenters. The standard InChI is InChI=1S/C14H10F2O/c15-14(16)9-8-13(17)12-7-3-5-10-4-1-2-6-11(10)12/h1-7,9H,8H2. The van der Waals surface area contributed by atoms with Crippen molar-refractivity contribution in [2.45, 2.75) is 6.42 Å². The van der Waals surface area contributed by atoms with Crippen LogP contribution in [0.4, 0.5) is 8.78 Å². The summed E-state index contributed by atoms with van der Waals surface area (Å²) in [7, 11) is 0. The first-order chi connectivity index (χ1) is 8.18. The molecule has 2 rings (SSSR count). The zero-order valence-corrected chi connectivity index (χ0v) is 8.99. The summed E-state index contributed by atoms with van der Waals surface area (Å²) in [5.41, 5.74) is 0.487. The minimum atomic E-state index is -1.82. The predicted octanol–water partition coefficient (Wildman–Crippen LogP) is 4.19. The highest BCUT2D eigenvalue weighted by Crippen LogP contribution is 2.20. The maximum Gasteiger partial charge on any atom is 0.266 e. The van der Waals surface area contributed by atoms with E-state index < -0.39 is 6.08 Å². The number of carbonyl (C=O) groups is 1. The summed E-state index contributed by atoms with van der Waals surface area (Å²) in [6, 6.07) is 12.7. The van der Waals surface area contributed by atoms with E-state index in [4.69, 9.17) is 0 Å². The lowest BCUT2D eigenvalue weighted by molar-refractivity contribution is 0.0996. The van der Waals surface area contributed by atoms with Crippen LogP contribution in [0.15, 0.2) is 54.6 Å². The smallest absolute Gasteiger partial charge is 0.266 e. The molecule has 0 aliphatic heterocycles. The predicted molar refractivity (Wildman–Crippen MR) is 63.2 cm³/mol. The zero-order chi connectivity index (χ0) is 12.3. The van der Waals surface area contributed by atoms with Gasteiger partial charge in [0.1, 0.15) is 0 Å². The number of carbonyl (C=O) groups excluding carboxylic acids is 1. The third-order valence-corrected chi connectivity index (χ3v) is 2.53. The molecule has 0 heterocycles. The molecule has 0 aliphatic rings. The van der Waals surface area contributed by atoms with Crippen LogP contribution in [0.5, 0.6) is 0 Å². The highest BCUT2D eigenvalue weighted by molar-refractivity contribution is 6.08. The Morgan fingerprint density at radius 2 is 1.76 bits per heavy atom. The van der Waals surface area contributed by atoms with E-state index in [9.17, 15) is 13.6 Å². The average Bonchev–Trinajstić information content (AvgIpc) is 2.35. The van der Waals surface area contributed by atoms with Gasteiger partial charge >= 0.3 is 0 Å². The molecule has 2 aromatic rings. The lowest BCUT2D eigenvalue weighted by atomic mass is 10.00. The van der Waals surface area contributed by atoms with Crippen LogP contribution in [-0.4, -0.2) is 5.78 Å². The monoisotopic (exact) mass is 232 g/mol. The normalized spacial score (nSPS) is 10.2. The Morgan fingerprint density at radius 3 is 2.53 bits per heavy atom. The largest absolute Gasteiger partial charge is 0.294 e. The molecule has 3 heteroatoms. The Kier molecular flexibility index (Phi) is 3.28. The number of fused-ring (bicyclic) bond motifs is 1. The molecule has 0 fully saturated rings. The van der Waals surface area contributed by atoms with Crippen molar-refractivity contribution in [3.63, 3.8) is 0 Å². The van der Waals surface area contributed by atoms with Crippen LogP contribution in [0.3, 0.4) is 0 Å². The molecule has 0 saturated heterocycles. The Labute approximate surface area is 97.4 Å². The second-order valence-electron chi connectivity index (χ2n) is 3.65. The minimum Gasteiger partial charge on any atom is -0.294 e. The van der Waals surface area contributed by atoms with E-state index in [1.807, 2.05) is 30.3 Å². The van der Waals surface area contributed by atoms with E-state index in [0.717, 1.165) is 10.8 Å². The summed E-state index contributed by atoms with van der Waals surface area (Å²) in [4.78, 5) is 11.8. The van der Waals surface area contributed by atoms with Crippen LogP contribution >= 0.6 is 0 Å². The molecule has 0 spiro atoms. The van der Waals surface area contributed by atoms with E-state index in [1.54, 1.807) is 12.1 Å². The fraction of sp³-hybridized carbons (Fsp3) is 0.0714. The van der Waals surface area contributed by atoms with Gasteiger partial charge in [-0.15, -0.1) is 0 Å². The van der Waals surface area contributed by atoms with Crippen molar-refractivity contribution < 1.29 is 13.6 Å². The van der Waals surface area contributed by atoms with Crippen LogP contribution in [-0.2, 0) is 0 Å². The maximum absolute atomic E-state index is 11.9. The van der Waals surface area contributed by atoms with Crippen LogP contribution in [0, 0.1) is 0 Å². The van der Waals surface area contributed by atoms with Crippen molar-refractivity contribution in [3.05, 3.63) is 60.2 Å². The number of halogens is 2. The molecule has 86 valence electrons. The molecule has 0 atom stereocenters. The maximum atomic E-state index is 11.9. The Balaban J connectivity index is 2.42. The number of Topliss-reactive ketones (excluding diaryl/α,β-unsaturated/α-hetero) is 1. The number of allylic oxidation sites excluding steroid dienone is 1. The Morgan fingerprint density at radius 1 is 1.06 bits per heavy atom. The van der Waals surface area contributed by atoms with Gasteiger partial charge < -0.3 is 0 Å². The molecule has 0 amide bonds. The quantitative estimate of drug-likeness (QED) is 0.725. The van der Waals surface area contributed by atoms with Gasteiger partial charge in [0.2, 0.25) is 0 Å². The zero-order valence-electron chi connectivity index (χ0n) is 8.99. The summed E-state index contributed by atoms with van der Waals surface area (Å²) >= 11 is 0. The average molecular weight is 232 g/mol. The van der Waals surface area contributed by atoms with Gasteiger partial charge in [0, 0.05) is 12.0 Å². The van der Waals surface area contributed by atoms with E-state index in [0.29, 0.717) is 11.6 Å². The van der Waals surface area contributed by atoms with Crippen molar-refractivity contribution in [2.75, 3.05) is 0 Å². The van der Waals surface area contributed by atoms with Gasteiger partial charge in [-0.1, -0.05) is 42.5 Å². The molecule has 0 N–H and O–H groups in total. The summed E-state index contributed by atoms with van der Waals surface area (Å²) in [5, 5.41) is 1.73. The summed E-state index contributed by atoms with van der Waals surface area (Å²) in [6.07, 6.45) is -1.45. The van der Waals surface area contributed by atoms with E-state index in [-0.39, 0.29) is 12.2 Å². The van der Waals surface area contributed by atoms with Gasteiger partial charge in [0.05, 0.1) is 0 Å². The third kappa shape index (κ3) is 2.56. The molecule has 0 radical (unpaired) electrons. The Bertz CT molecular complexity index is 578. The van der Waals surface area contributed by atoms with Gasteiger partial charge in [0.25, 0.3) is 6.08 Å². The summed E-state index contributed by atoms with van der Waals surface area (Å²) in [6.45, 7) is 0. The van der Waals surface area contributed by atoms with E-state index in [1.165, 1.54) is 0 Å². The van der Waals surface area contributed by atoms with Crippen LogP contribution in [0.25, 0.3) is 10.8 Å². The molecule has 1 nitrogen and oxygen atoms in total. The van der Waals surface area contributed by atoms with Gasteiger partial charge in [-0.05, 0) is 16.8 Å². The molecule has 0 aliphatic carbocycles. The number of ketones is 1. The molecule has 2 aromatic carbocycles.